The molecule has 0 saturated carbocycles. The summed E-state index contributed by atoms with van der Waals surface area (Å²) in [6, 6.07) is 0.415. The Hall–Kier alpha value is -0.680. The van der Waals surface area contributed by atoms with Gasteiger partial charge in [0.05, 0.1) is 17.6 Å². The van der Waals surface area contributed by atoms with Crippen LogP contribution in [0, 0.1) is 0 Å². The number of aromatic nitrogens is 2. The first-order valence-corrected chi connectivity index (χ1v) is 7.13. The van der Waals surface area contributed by atoms with E-state index in [1.165, 1.54) is 0 Å². The van der Waals surface area contributed by atoms with Crippen molar-refractivity contribution in [2.75, 3.05) is 11.5 Å². The summed E-state index contributed by atoms with van der Waals surface area (Å²) in [5.41, 5.74) is 6.81. The molecular formula is C11H19N3OS. The van der Waals surface area contributed by atoms with Crippen LogP contribution in [0.1, 0.15) is 38.4 Å². The fourth-order valence-electron chi connectivity index (χ4n) is 2.15. The third-order valence-corrected chi connectivity index (χ3v) is 4.46. The molecule has 2 rings (SSSR count). The van der Waals surface area contributed by atoms with Gasteiger partial charge in [-0.1, -0.05) is 0 Å². The van der Waals surface area contributed by atoms with Crippen LogP contribution in [0.25, 0.3) is 0 Å². The van der Waals surface area contributed by atoms with Crippen molar-refractivity contribution >= 4 is 10.8 Å². The highest BCUT2D eigenvalue weighted by Crippen LogP contribution is 2.27. The van der Waals surface area contributed by atoms with E-state index in [-0.39, 0.29) is 5.54 Å². The summed E-state index contributed by atoms with van der Waals surface area (Å²) in [4.78, 5) is 4.19. The van der Waals surface area contributed by atoms with Crippen molar-refractivity contribution < 1.29 is 4.21 Å². The predicted octanol–water partition coefficient (Wildman–Crippen LogP) is 1.16. The molecule has 1 aliphatic rings. The normalized spacial score (nSPS) is 26.9. The molecule has 16 heavy (non-hydrogen) atoms. The molecule has 0 spiro atoms. The summed E-state index contributed by atoms with van der Waals surface area (Å²) in [6.07, 6.45) is 5.62. The van der Waals surface area contributed by atoms with Crippen molar-refractivity contribution in [3.63, 3.8) is 0 Å². The first kappa shape index (κ1) is 11.8. The molecule has 2 heterocycles. The van der Waals surface area contributed by atoms with Crippen molar-refractivity contribution in [3.05, 3.63) is 18.2 Å². The van der Waals surface area contributed by atoms with Crippen LogP contribution in [0.15, 0.2) is 12.5 Å². The lowest BCUT2D eigenvalue weighted by molar-refractivity contribution is 0.408. The third kappa shape index (κ3) is 2.35. The van der Waals surface area contributed by atoms with Gasteiger partial charge in [-0.2, -0.15) is 0 Å². The summed E-state index contributed by atoms with van der Waals surface area (Å²) >= 11 is 0. The molecule has 1 aliphatic heterocycles. The standard InChI is InChI=1S/C11H19N3OS/c1-11(2,12)10-7-13-8-14(10)9-3-5-16(15)6-4-9/h7-9H,3-6,12H2,1-2H3. The van der Waals surface area contributed by atoms with E-state index in [0.717, 1.165) is 30.0 Å². The monoisotopic (exact) mass is 241 g/mol. The highest BCUT2D eigenvalue weighted by atomic mass is 32.2. The van der Waals surface area contributed by atoms with Gasteiger partial charge in [-0.05, 0) is 26.7 Å². The van der Waals surface area contributed by atoms with Gasteiger partial charge >= 0.3 is 0 Å². The molecule has 0 atom stereocenters. The van der Waals surface area contributed by atoms with Gasteiger partial charge in [0.15, 0.2) is 0 Å². The van der Waals surface area contributed by atoms with Crippen molar-refractivity contribution in [2.45, 2.75) is 38.3 Å². The smallest absolute Gasteiger partial charge is 0.0951 e. The summed E-state index contributed by atoms with van der Waals surface area (Å²) in [7, 11) is -0.615. The summed E-state index contributed by atoms with van der Waals surface area (Å²) in [5.74, 6) is 1.60. The molecule has 5 heteroatoms. The average Bonchev–Trinajstić information content (AvgIpc) is 2.66. The summed E-state index contributed by atoms with van der Waals surface area (Å²) in [5, 5.41) is 0. The number of imidazole rings is 1. The molecule has 0 amide bonds. The molecule has 4 nitrogen and oxygen atoms in total. The first-order valence-electron chi connectivity index (χ1n) is 5.64. The van der Waals surface area contributed by atoms with E-state index in [9.17, 15) is 4.21 Å². The van der Waals surface area contributed by atoms with Crippen LogP contribution in [-0.2, 0) is 16.3 Å². The Kier molecular flexibility index (Phi) is 3.17. The Morgan fingerprint density at radius 3 is 2.69 bits per heavy atom. The van der Waals surface area contributed by atoms with Crippen LogP contribution < -0.4 is 5.73 Å². The highest BCUT2D eigenvalue weighted by Gasteiger charge is 2.25. The van der Waals surface area contributed by atoms with E-state index in [0.29, 0.717) is 6.04 Å². The second kappa shape index (κ2) is 4.30. The van der Waals surface area contributed by atoms with Crippen LogP contribution in [0.4, 0.5) is 0 Å². The lowest BCUT2D eigenvalue weighted by atomic mass is 10.0. The van der Waals surface area contributed by atoms with Gasteiger partial charge in [-0.3, -0.25) is 4.21 Å². The lowest BCUT2D eigenvalue weighted by Crippen LogP contribution is -2.33. The van der Waals surface area contributed by atoms with Gasteiger partial charge in [0.1, 0.15) is 0 Å². The largest absolute Gasteiger partial charge is 0.330 e. The van der Waals surface area contributed by atoms with E-state index in [1.807, 2.05) is 26.4 Å². The minimum absolute atomic E-state index is 0.368. The fourth-order valence-corrected chi connectivity index (χ4v) is 3.43. The Labute approximate surface area is 98.7 Å². The zero-order valence-corrected chi connectivity index (χ0v) is 10.7. The molecular weight excluding hydrogens is 222 g/mol. The Morgan fingerprint density at radius 2 is 2.12 bits per heavy atom. The molecule has 2 N–H and O–H groups in total. The van der Waals surface area contributed by atoms with E-state index >= 15 is 0 Å². The number of nitrogens with zero attached hydrogens (tertiary/aromatic N) is 2. The number of hydrogen-bond donors (Lipinski definition) is 1. The van der Waals surface area contributed by atoms with Crippen molar-refractivity contribution in [1.29, 1.82) is 0 Å². The number of rotatable bonds is 2. The number of nitrogens with two attached hydrogens (primary N) is 1. The molecule has 1 fully saturated rings. The van der Waals surface area contributed by atoms with Crippen LogP contribution in [0.2, 0.25) is 0 Å². The minimum Gasteiger partial charge on any atom is -0.330 e. The van der Waals surface area contributed by atoms with E-state index in [4.69, 9.17) is 5.73 Å². The maximum Gasteiger partial charge on any atom is 0.0951 e. The third-order valence-electron chi connectivity index (χ3n) is 3.08. The molecule has 1 saturated heterocycles. The predicted molar refractivity (Wildman–Crippen MR) is 65.6 cm³/mol. The first-order chi connectivity index (χ1) is 7.48. The zero-order valence-electron chi connectivity index (χ0n) is 9.85. The van der Waals surface area contributed by atoms with Crippen LogP contribution in [0.5, 0.6) is 0 Å². The molecule has 1 aromatic heterocycles. The molecule has 90 valence electrons. The second-order valence-corrected chi connectivity index (χ2v) is 6.68. The Balaban J connectivity index is 2.21. The topological polar surface area (TPSA) is 60.9 Å². The molecule has 0 aliphatic carbocycles. The zero-order chi connectivity index (χ0) is 11.8. The lowest BCUT2D eigenvalue weighted by Gasteiger charge is -2.28. The van der Waals surface area contributed by atoms with Crippen LogP contribution in [0.3, 0.4) is 0 Å². The molecule has 0 bridgehead atoms. The molecule has 0 unspecified atom stereocenters. The average molecular weight is 241 g/mol. The SMILES string of the molecule is CC(C)(N)c1cncn1C1CCS(=O)CC1. The van der Waals surface area contributed by atoms with Crippen LogP contribution >= 0.6 is 0 Å². The summed E-state index contributed by atoms with van der Waals surface area (Å²) in [6.45, 7) is 3.98. The van der Waals surface area contributed by atoms with E-state index in [1.54, 1.807) is 0 Å². The highest BCUT2D eigenvalue weighted by molar-refractivity contribution is 7.85. The number of hydrogen-bond acceptors (Lipinski definition) is 3. The quantitative estimate of drug-likeness (QED) is 0.845. The minimum atomic E-state index is -0.615. The van der Waals surface area contributed by atoms with Gasteiger partial charge in [0.25, 0.3) is 0 Å². The maximum atomic E-state index is 11.3. The van der Waals surface area contributed by atoms with Gasteiger partial charge in [0, 0.05) is 34.5 Å². The fraction of sp³-hybridized carbons (Fsp3) is 0.727. The van der Waals surface area contributed by atoms with Gasteiger partial charge in [0.2, 0.25) is 0 Å². The summed E-state index contributed by atoms with van der Waals surface area (Å²) < 4.78 is 13.5. The van der Waals surface area contributed by atoms with Crippen LogP contribution in [-0.4, -0.2) is 25.3 Å². The van der Waals surface area contributed by atoms with E-state index in [2.05, 4.69) is 9.55 Å². The molecule has 0 radical (unpaired) electrons. The van der Waals surface area contributed by atoms with Crippen molar-refractivity contribution in [3.8, 4) is 0 Å². The second-order valence-electron chi connectivity index (χ2n) is 4.99. The molecule has 1 aromatic rings. The maximum absolute atomic E-state index is 11.3. The van der Waals surface area contributed by atoms with Crippen molar-refractivity contribution in [2.24, 2.45) is 5.73 Å². The van der Waals surface area contributed by atoms with E-state index < -0.39 is 10.8 Å². The van der Waals surface area contributed by atoms with Gasteiger partial charge < -0.3 is 10.3 Å². The van der Waals surface area contributed by atoms with Gasteiger partial charge in [-0.15, -0.1) is 0 Å². The Morgan fingerprint density at radius 1 is 1.50 bits per heavy atom. The molecule has 0 aromatic carbocycles. The van der Waals surface area contributed by atoms with Crippen molar-refractivity contribution in [1.82, 2.24) is 9.55 Å². The Bertz CT molecular complexity index is 384. The van der Waals surface area contributed by atoms with Gasteiger partial charge in [-0.25, -0.2) is 4.98 Å².